The van der Waals surface area contributed by atoms with Crippen LogP contribution in [0.1, 0.15) is 53.9 Å². The zero-order valence-electron chi connectivity index (χ0n) is 13.4. The van der Waals surface area contributed by atoms with Gasteiger partial charge in [-0.2, -0.15) is 0 Å². The third-order valence-electron chi connectivity index (χ3n) is 5.56. The molecule has 0 aliphatic heterocycles. The molecule has 0 saturated heterocycles. The fourth-order valence-electron chi connectivity index (χ4n) is 4.43. The summed E-state index contributed by atoms with van der Waals surface area (Å²) in [5.74, 6) is 1.95. The third kappa shape index (κ3) is 2.46. The maximum atomic E-state index is 12.5. The zero-order chi connectivity index (χ0) is 15.8. The number of amides is 1. The molecule has 1 N–H and O–H groups in total. The molecule has 1 heterocycles. The zero-order valence-corrected chi connectivity index (χ0v) is 13.4. The first-order valence-corrected chi connectivity index (χ1v) is 8.59. The lowest BCUT2D eigenvalue weighted by atomic mass is 9.60. The van der Waals surface area contributed by atoms with Gasteiger partial charge in [-0.15, -0.1) is 0 Å². The molecule has 2 fully saturated rings. The minimum atomic E-state index is -0.131. The smallest absolute Gasteiger partial charge is 0.290 e. The van der Waals surface area contributed by atoms with Gasteiger partial charge in [0.25, 0.3) is 5.91 Å². The number of nitrogens with one attached hydrogen (secondary N) is 1. The highest BCUT2D eigenvalue weighted by atomic mass is 16.5. The number of hydrogen-bond acceptors (Lipinski definition) is 3. The van der Waals surface area contributed by atoms with Gasteiger partial charge < -0.3 is 9.84 Å². The highest BCUT2D eigenvalue weighted by molar-refractivity contribution is 5.91. The van der Waals surface area contributed by atoms with Crippen LogP contribution in [0.4, 0.5) is 0 Å². The Bertz CT molecular complexity index is 694. The summed E-state index contributed by atoms with van der Waals surface area (Å²) in [6, 6.07) is 12.5. The number of rotatable bonds is 4. The minimum Gasteiger partial charge on any atom is -0.351 e. The average molecular weight is 310 g/mol. The van der Waals surface area contributed by atoms with Gasteiger partial charge in [0.05, 0.1) is 5.69 Å². The van der Waals surface area contributed by atoms with Gasteiger partial charge >= 0.3 is 0 Å². The van der Waals surface area contributed by atoms with Crippen LogP contribution in [0.2, 0.25) is 0 Å². The standard InChI is InChI=1S/C19H22N2O2/c1-2-13-11-16(23-21-13)19(22)20-18-15-10-6-9-14(15)17(18)12-7-4-3-5-8-12/h3-5,7-8,11,14-15,17-18H,2,6,9-10H2,1H3,(H,20,22). The van der Waals surface area contributed by atoms with Crippen molar-refractivity contribution in [3.63, 3.8) is 0 Å². The van der Waals surface area contributed by atoms with E-state index >= 15 is 0 Å². The van der Waals surface area contributed by atoms with Crippen LogP contribution in [0.5, 0.6) is 0 Å². The summed E-state index contributed by atoms with van der Waals surface area (Å²) in [6.07, 6.45) is 4.54. The second-order valence-corrected chi connectivity index (χ2v) is 6.73. The average Bonchev–Trinajstić information content (AvgIpc) is 3.21. The third-order valence-corrected chi connectivity index (χ3v) is 5.56. The van der Waals surface area contributed by atoms with Crippen molar-refractivity contribution in [1.29, 1.82) is 0 Å². The monoisotopic (exact) mass is 310 g/mol. The highest BCUT2D eigenvalue weighted by Gasteiger charge is 2.53. The van der Waals surface area contributed by atoms with Crippen molar-refractivity contribution in [2.24, 2.45) is 11.8 Å². The van der Waals surface area contributed by atoms with Crippen LogP contribution >= 0.6 is 0 Å². The first-order chi connectivity index (χ1) is 11.3. The molecule has 2 aliphatic rings. The van der Waals surface area contributed by atoms with E-state index in [2.05, 4.69) is 34.7 Å². The second kappa shape index (κ2) is 5.84. The van der Waals surface area contributed by atoms with E-state index in [4.69, 9.17) is 4.52 Å². The Hall–Kier alpha value is -2.10. The van der Waals surface area contributed by atoms with Crippen molar-refractivity contribution in [3.8, 4) is 0 Å². The molecule has 1 amide bonds. The largest absolute Gasteiger partial charge is 0.351 e. The van der Waals surface area contributed by atoms with Gasteiger partial charge in [-0.1, -0.05) is 48.8 Å². The van der Waals surface area contributed by atoms with E-state index in [9.17, 15) is 4.79 Å². The molecule has 2 aliphatic carbocycles. The number of carbonyl (C=O) groups is 1. The number of nitrogens with zero attached hydrogens (tertiary/aromatic N) is 1. The summed E-state index contributed by atoms with van der Waals surface area (Å²) in [4.78, 5) is 12.5. The summed E-state index contributed by atoms with van der Waals surface area (Å²) in [6.45, 7) is 2.00. The summed E-state index contributed by atoms with van der Waals surface area (Å²) < 4.78 is 5.18. The normalized spacial score (nSPS) is 28.9. The van der Waals surface area contributed by atoms with Gasteiger partial charge in [-0.25, -0.2) is 0 Å². The molecule has 120 valence electrons. The van der Waals surface area contributed by atoms with Gasteiger partial charge in [0, 0.05) is 18.0 Å². The molecule has 2 saturated carbocycles. The summed E-state index contributed by atoms with van der Waals surface area (Å²) in [5.41, 5.74) is 2.16. The Morgan fingerprint density at radius 2 is 2.04 bits per heavy atom. The molecule has 23 heavy (non-hydrogen) atoms. The lowest BCUT2D eigenvalue weighted by molar-refractivity contribution is 0.0662. The first kappa shape index (κ1) is 14.5. The van der Waals surface area contributed by atoms with Gasteiger partial charge in [0.2, 0.25) is 5.76 Å². The molecular formula is C19H22N2O2. The predicted octanol–water partition coefficient (Wildman–Crippen LogP) is 3.55. The van der Waals surface area contributed by atoms with E-state index in [1.165, 1.54) is 24.8 Å². The van der Waals surface area contributed by atoms with Crippen molar-refractivity contribution in [2.75, 3.05) is 0 Å². The van der Waals surface area contributed by atoms with Gasteiger partial charge in [-0.3, -0.25) is 4.79 Å². The second-order valence-electron chi connectivity index (χ2n) is 6.73. The van der Waals surface area contributed by atoms with Crippen LogP contribution in [0.25, 0.3) is 0 Å². The number of aromatic nitrogens is 1. The molecule has 1 aromatic heterocycles. The fraction of sp³-hybridized carbons (Fsp3) is 0.474. The number of aryl methyl sites for hydroxylation is 1. The van der Waals surface area contributed by atoms with E-state index in [1.807, 2.05) is 13.0 Å². The number of carbonyl (C=O) groups excluding carboxylic acids is 1. The molecule has 2 aromatic rings. The van der Waals surface area contributed by atoms with E-state index in [1.54, 1.807) is 6.07 Å². The van der Waals surface area contributed by atoms with Crippen LogP contribution in [-0.2, 0) is 6.42 Å². The van der Waals surface area contributed by atoms with E-state index in [-0.39, 0.29) is 11.9 Å². The van der Waals surface area contributed by atoms with Gasteiger partial charge in [-0.05, 0) is 36.7 Å². The van der Waals surface area contributed by atoms with Crippen molar-refractivity contribution in [1.82, 2.24) is 10.5 Å². The molecule has 4 heteroatoms. The van der Waals surface area contributed by atoms with Crippen LogP contribution in [-0.4, -0.2) is 17.1 Å². The predicted molar refractivity (Wildman–Crippen MR) is 87.1 cm³/mol. The molecule has 4 nitrogen and oxygen atoms in total. The van der Waals surface area contributed by atoms with Crippen LogP contribution in [0, 0.1) is 11.8 Å². The lowest BCUT2D eigenvalue weighted by Crippen LogP contribution is -2.56. The van der Waals surface area contributed by atoms with Gasteiger partial charge in [0.15, 0.2) is 0 Å². The Morgan fingerprint density at radius 1 is 1.26 bits per heavy atom. The number of hydrogen-bond donors (Lipinski definition) is 1. The quantitative estimate of drug-likeness (QED) is 0.939. The molecule has 4 atom stereocenters. The van der Waals surface area contributed by atoms with Crippen LogP contribution < -0.4 is 5.32 Å². The van der Waals surface area contributed by atoms with Crippen molar-refractivity contribution in [3.05, 3.63) is 53.4 Å². The number of benzene rings is 1. The van der Waals surface area contributed by atoms with Crippen molar-refractivity contribution >= 4 is 5.91 Å². The lowest BCUT2D eigenvalue weighted by Gasteiger charge is -2.49. The molecule has 1 aromatic carbocycles. The maximum Gasteiger partial charge on any atom is 0.290 e. The number of fused-ring (bicyclic) bond motifs is 1. The summed E-state index contributed by atoms with van der Waals surface area (Å²) >= 11 is 0. The molecule has 0 bridgehead atoms. The SMILES string of the molecule is CCc1cc(C(=O)NC2C3CCCC3C2c2ccccc2)on1. The van der Waals surface area contributed by atoms with Gasteiger partial charge in [0.1, 0.15) is 0 Å². The maximum absolute atomic E-state index is 12.5. The Balaban J connectivity index is 1.53. The van der Waals surface area contributed by atoms with Crippen LogP contribution in [0.3, 0.4) is 0 Å². The molecular weight excluding hydrogens is 288 g/mol. The molecule has 0 spiro atoms. The Morgan fingerprint density at radius 3 is 2.78 bits per heavy atom. The highest BCUT2D eigenvalue weighted by Crippen LogP contribution is 2.55. The van der Waals surface area contributed by atoms with Crippen molar-refractivity contribution in [2.45, 2.75) is 44.6 Å². The topological polar surface area (TPSA) is 55.1 Å². The van der Waals surface area contributed by atoms with Crippen molar-refractivity contribution < 1.29 is 9.32 Å². The first-order valence-electron chi connectivity index (χ1n) is 8.59. The van der Waals surface area contributed by atoms with E-state index in [0.717, 1.165) is 12.1 Å². The van der Waals surface area contributed by atoms with Crippen LogP contribution in [0.15, 0.2) is 40.9 Å². The Kier molecular flexibility index (Phi) is 3.68. The summed E-state index contributed by atoms with van der Waals surface area (Å²) in [5, 5.41) is 7.13. The summed E-state index contributed by atoms with van der Waals surface area (Å²) in [7, 11) is 0. The Labute approximate surface area is 136 Å². The van der Waals surface area contributed by atoms with E-state index < -0.39 is 0 Å². The molecule has 4 unspecified atom stereocenters. The minimum absolute atomic E-state index is 0.131. The molecule has 0 radical (unpaired) electrons. The van der Waals surface area contributed by atoms with E-state index in [0.29, 0.717) is 23.5 Å². The fourth-order valence-corrected chi connectivity index (χ4v) is 4.43. The molecule has 4 rings (SSSR count).